The maximum atomic E-state index is 11.1. The fraction of sp³-hybridized carbons (Fsp3) is 0.571. The Labute approximate surface area is 127 Å². The summed E-state index contributed by atoms with van der Waals surface area (Å²) in [5.41, 5.74) is 4.10. The van der Waals surface area contributed by atoms with Crippen molar-refractivity contribution in [2.45, 2.75) is 32.7 Å². The lowest BCUT2D eigenvalue weighted by molar-refractivity contribution is -0.138. The summed E-state index contributed by atoms with van der Waals surface area (Å²) in [7, 11) is 0. The van der Waals surface area contributed by atoms with Gasteiger partial charge in [-0.05, 0) is 19.8 Å². The van der Waals surface area contributed by atoms with Crippen LogP contribution in [0.5, 0.6) is 0 Å². The van der Waals surface area contributed by atoms with Crippen molar-refractivity contribution in [2.75, 3.05) is 13.1 Å². The molecule has 0 radical (unpaired) electrons. The van der Waals surface area contributed by atoms with Gasteiger partial charge in [0.1, 0.15) is 0 Å². The van der Waals surface area contributed by atoms with Crippen LogP contribution in [0.4, 0.5) is 0 Å². The minimum atomic E-state index is -0.768. The zero-order chi connectivity index (χ0) is 15.7. The average Bonchev–Trinajstić information content (AvgIpc) is 3.15. The van der Waals surface area contributed by atoms with Crippen molar-refractivity contribution in [3.63, 3.8) is 0 Å². The number of carbonyl (C=O) groups is 1. The summed E-state index contributed by atoms with van der Waals surface area (Å²) in [6.07, 6.45) is 1.84. The number of rotatable bonds is 5. The van der Waals surface area contributed by atoms with E-state index in [4.69, 9.17) is 5.11 Å². The zero-order valence-electron chi connectivity index (χ0n) is 12.7. The number of aliphatic carboxylic acids is 1. The number of H-pyrrole nitrogens is 2. The molecule has 3 heterocycles. The third-order valence-corrected chi connectivity index (χ3v) is 4.43. The highest BCUT2D eigenvalue weighted by Crippen LogP contribution is 2.34. The lowest BCUT2D eigenvalue weighted by Crippen LogP contribution is -2.21. The van der Waals surface area contributed by atoms with E-state index in [0.29, 0.717) is 0 Å². The smallest absolute Gasteiger partial charge is 0.303 e. The summed E-state index contributed by atoms with van der Waals surface area (Å²) in [6.45, 7) is 6.30. The van der Waals surface area contributed by atoms with Gasteiger partial charge in [0.15, 0.2) is 0 Å². The van der Waals surface area contributed by atoms with Crippen molar-refractivity contribution in [1.82, 2.24) is 30.5 Å². The number of hydrogen-bond donors (Lipinski definition) is 3. The van der Waals surface area contributed by atoms with Gasteiger partial charge >= 0.3 is 5.97 Å². The molecular formula is C14H20N6O2. The Bertz CT molecular complexity index is 631. The van der Waals surface area contributed by atoms with E-state index in [1.807, 2.05) is 13.8 Å². The number of carboxylic acid groups (broad SMARTS) is 1. The van der Waals surface area contributed by atoms with Gasteiger partial charge in [-0.15, -0.1) is 0 Å². The topological polar surface area (TPSA) is 111 Å². The highest BCUT2D eigenvalue weighted by molar-refractivity contribution is 5.67. The van der Waals surface area contributed by atoms with Crippen LogP contribution in [0.25, 0.3) is 0 Å². The van der Waals surface area contributed by atoms with Gasteiger partial charge in [0.2, 0.25) is 0 Å². The van der Waals surface area contributed by atoms with Gasteiger partial charge in [0.25, 0.3) is 0 Å². The van der Waals surface area contributed by atoms with Crippen molar-refractivity contribution in [2.24, 2.45) is 5.92 Å². The second-order valence-corrected chi connectivity index (χ2v) is 5.97. The second-order valence-electron chi connectivity index (χ2n) is 5.97. The number of nitrogens with zero attached hydrogens (tertiary/aromatic N) is 4. The molecule has 1 saturated heterocycles. The Balaban J connectivity index is 1.76. The highest BCUT2D eigenvalue weighted by Gasteiger charge is 2.36. The molecule has 0 aromatic carbocycles. The van der Waals surface area contributed by atoms with Crippen LogP contribution in [0.15, 0.2) is 6.20 Å². The maximum Gasteiger partial charge on any atom is 0.303 e. The molecule has 8 heteroatoms. The molecule has 0 amide bonds. The van der Waals surface area contributed by atoms with Crippen molar-refractivity contribution < 1.29 is 9.90 Å². The Hall–Kier alpha value is -2.22. The number of aryl methyl sites for hydroxylation is 2. The van der Waals surface area contributed by atoms with Gasteiger partial charge < -0.3 is 5.11 Å². The Morgan fingerprint density at radius 2 is 2.23 bits per heavy atom. The van der Waals surface area contributed by atoms with Crippen LogP contribution in [0.2, 0.25) is 0 Å². The lowest BCUT2D eigenvalue weighted by Gasteiger charge is -2.15. The zero-order valence-corrected chi connectivity index (χ0v) is 12.7. The predicted molar refractivity (Wildman–Crippen MR) is 78.2 cm³/mol. The molecule has 1 aliphatic heterocycles. The quantitative estimate of drug-likeness (QED) is 0.754. The SMILES string of the molecule is Cc1n[nH]c(C)c1CN1C[C@@H](CC(=O)O)[C@@H](c2cn[nH]n2)C1. The van der Waals surface area contributed by atoms with Crippen LogP contribution in [-0.2, 0) is 11.3 Å². The summed E-state index contributed by atoms with van der Waals surface area (Å²) in [4.78, 5) is 13.4. The van der Waals surface area contributed by atoms with Gasteiger partial charge in [0, 0.05) is 36.8 Å². The first kappa shape index (κ1) is 14.7. The molecule has 1 aliphatic rings. The molecule has 1 fully saturated rings. The van der Waals surface area contributed by atoms with Gasteiger partial charge in [-0.1, -0.05) is 0 Å². The third kappa shape index (κ3) is 2.87. The van der Waals surface area contributed by atoms with E-state index < -0.39 is 5.97 Å². The van der Waals surface area contributed by atoms with Crippen LogP contribution in [0, 0.1) is 19.8 Å². The first-order valence-corrected chi connectivity index (χ1v) is 7.35. The molecular weight excluding hydrogens is 284 g/mol. The maximum absolute atomic E-state index is 11.1. The fourth-order valence-electron chi connectivity index (χ4n) is 3.28. The number of nitrogens with one attached hydrogen (secondary N) is 2. The Kier molecular flexibility index (Phi) is 3.93. The Morgan fingerprint density at radius 1 is 1.41 bits per heavy atom. The molecule has 118 valence electrons. The van der Waals surface area contributed by atoms with Crippen LogP contribution >= 0.6 is 0 Å². The van der Waals surface area contributed by atoms with E-state index in [2.05, 4.69) is 30.5 Å². The normalized spacial score (nSPS) is 22.3. The summed E-state index contributed by atoms with van der Waals surface area (Å²) in [6, 6.07) is 0. The fourth-order valence-corrected chi connectivity index (χ4v) is 3.28. The monoisotopic (exact) mass is 304 g/mol. The van der Waals surface area contributed by atoms with Crippen LogP contribution in [-0.4, -0.2) is 54.7 Å². The first-order chi connectivity index (χ1) is 10.5. The van der Waals surface area contributed by atoms with E-state index in [1.54, 1.807) is 6.20 Å². The van der Waals surface area contributed by atoms with Crippen molar-refractivity contribution in [3.05, 3.63) is 28.8 Å². The second kappa shape index (κ2) is 5.88. The van der Waals surface area contributed by atoms with Gasteiger partial charge in [-0.2, -0.15) is 20.5 Å². The predicted octanol–water partition coefficient (Wildman–Crippen LogP) is 0.835. The average molecular weight is 304 g/mol. The molecule has 0 bridgehead atoms. The van der Waals surface area contributed by atoms with Crippen LogP contribution in [0.1, 0.15) is 35.0 Å². The summed E-state index contributed by atoms with van der Waals surface area (Å²) >= 11 is 0. The number of hydrogen-bond acceptors (Lipinski definition) is 5. The molecule has 0 aliphatic carbocycles. The molecule has 22 heavy (non-hydrogen) atoms. The van der Waals surface area contributed by atoms with E-state index in [1.165, 1.54) is 5.56 Å². The van der Waals surface area contributed by atoms with Gasteiger partial charge in [-0.25, -0.2) is 0 Å². The number of aromatic nitrogens is 5. The summed E-state index contributed by atoms with van der Waals surface area (Å²) < 4.78 is 0. The molecule has 8 nitrogen and oxygen atoms in total. The third-order valence-electron chi connectivity index (χ3n) is 4.43. The molecule has 2 atom stereocenters. The van der Waals surface area contributed by atoms with E-state index >= 15 is 0 Å². The highest BCUT2D eigenvalue weighted by atomic mass is 16.4. The molecule has 3 rings (SSSR count). The van der Waals surface area contributed by atoms with Gasteiger partial charge in [-0.3, -0.25) is 14.8 Å². The molecule has 0 saturated carbocycles. The molecule has 3 N–H and O–H groups in total. The van der Waals surface area contributed by atoms with E-state index in [9.17, 15) is 4.79 Å². The lowest BCUT2D eigenvalue weighted by atomic mass is 9.91. The minimum Gasteiger partial charge on any atom is -0.481 e. The van der Waals surface area contributed by atoms with Crippen molar-refractivity contribution >= 4 is 5.97 Å². The molecule has 2 aromatic heterocycles. The standard InChI is InChI=1S/C14H20N6O2/c1-8-11(9(2)17-16-8)6-20-5-10(3-14(21)22)12(7-20)13-4-15-19-18-13/h4,10,12H,3,5-7H2,1-2H3,(H,16,17)(H,21,22)(H,15,18,19)/t10-,12+/m1/s1. The number of likely N-dealkylation sites (tertiary alicyclic amines) is 1. The number of carboxylic acids is 1. The summed E-state index contributed by atoms with van der Waals surface area (Å²) in [5.74, 6) is -0.617. The minimum absolute atomic E-state index is 0.0510. The van der Waals surface area contributed by atoms with Crippen molar-refractivity contribution in [3.8, 4) is 0 Å². The number of aromatic amines is 2. The van der Waals surface area contributed by atoms with E-state index in [0.717, 1.165) is 36.7 Å². The Morgan fingerprint density at radius 3 is 2.82 bits per heavy atom. The van der Waals surface area contributed by atoms with E-state index in [-0.39, 0.29) is 18.3 Å². The largest absolute Gasteiger partial charge is 0.481 e. The molecule has 0 spiro atoms. The van der Waals surface area contributed by atoms with Crippen LogP contribution < -0.4 is 0 Å². The molecule has 2 aromatic rings. The first-order valence-electron chi connectivity index (χ1n) is 7.35. The van der Waals surface area contributed by atoms with Gasteiger partial charge in [0.05, 0.1) is 24.0 Å². The van der Waals surface area contributed by atoms with Crippen molar-refractivity contribution in [1.29, 1.82) is 0 Å². The van der Waals surface area contributed by atoms with Crippen LogP contribution in [0.3, 0.4) is 0 Å². The summed E-state index contributed by atoms with van der Waals surface area (Å²) in [5, 5.41) is 27.0. The molecule has 0 unspecified atom stereocenters.